The molecular weight excluding hydrogens is 431 g/mol. The summed E-state index contributed by atoms with van der Waals surface area (Å²) in [7, 11) is 1.79. The van der Waals surface area contributed by atoms with Crippen LogP contribution in [0.3, 0.4) is 0 Å². The zero-order chi connectivity index (χ0) is 17.0. The summed E-state index contributed by atoms with van der Waals surface area (Å²) < 4.78 is 0. The lowest BCUT2D eigenvalue weighted by atomic mass is 10.00. The molecule has 0 fully saturated rings. The Hall–Kier alpha value is -1.15. The molecule has 2 aromatic rings. The predicted molar refractivity (Wildman–Crippen MR) is 115 cm³/mol. The van der Waals surface area contributed by atoms with Gasteiger partial charge in [-0.15, -0.1) is 35.3 Å². The van der Waals surface area contributed by atoms with Crippen molar-refractivity contribution in [2.24, 2.45) is 4.99 Å². The van der Waals surface area contributed by atoms with Gasteiger partial charge in [0.15, 0.2) is 5.96 Å². The Kier molecular flexibility index (Phi) is 8.15. The van der Waals surface area contributed by atoms with Crippen LogP contribution in [0.15, 0.2) is 17.1 Å². The first-order valence-electron chi connectivity index (χ1n) is 7.85. The average molecular weight is 458 g/mol. The summed E-state index contributed by atoms with van der Waals surface area (Å²) in [6.07, 6.45) is 0. The Labute approximate surface area is 166 Å². The first-order valence-corrected chi connectivity index (χ1v) is 8.66. The molecular formula is C18H27IN4S. The van der Waals surface area contributed by atoms with Gasteiger partial charge in [0.2, 0.25) is 0 Å². The third kappa shape index (κ3) is 5.44. The van der Waals surface area contributed by atoms with Crippen LogP contribution in [-0.4, -0.2) is 18.0 Å². The molecule has 2 rings (SSSR count). The second kappa shape index (κ2) is 9.36. The smallest absolute Gasteiger partial charge is 0.191 e. The fraction of sp³-hybridized carbons (Fsp3) is 0.444. The van der Waals surface area contributed by atoms with Crippen LogP contribution in [0.4, 0.5) is 0 Å². The van der Waals surface area contributed by atoms with Crippen LogP contribution in [0.1, 0.15) is 37.8 Å². The van der Waals surface area contributed by atoms with Gasteiger partial charge in [-0.05, 0) is 51.3 Å². The molecule has 0 saturated carbocycles. The van der Waals surface area contributed by atoms with Crippen LogP contribution in [0.2, 0.25) is 0 Å². The molecule has 0 bridgehead atoms. The zero-order valence-electron chi connectivity index (χ0n) is 15.3. The van der Waals surface area contributed by atoms with Crippen LogP contribution in [0, 0.1) is 34.6 Å². The van der Waals surface area contributed by atoms with Gasteiger partial charge in [-0.1, -0.05) is 17.7 Å². The number of aliphatic imine (C=N–C) groups is 1. The van der Waals surface area contributed by atoms with Gasteiger partial charge < -0.3 is 10.6 Å². The minimum absolute atomic E-state index is 0. The van der Waals surface area contributed by atoms with Crippen LogP contribution in [-0.2, 0) is 13.1 Å². The number of rotatable bonds is 4. The standard InChI is InChI=1S/C18H26N4S.HI/c1-11-7-12(2)16(13(3)8-11)9-20-18(19-6)21-10-17-22-14(4)15(5)23-17;/h7-8H,9-10H2,1-6H3,(H2,19,20,21);1H. The van der Waals surface area contributed by atoms with Crippen LogP contribution in [0.5, 0.6) is 0 Å². The number of hydrogen-bond acceptors (Lipinski definition) is 3. The highest BCUT2D eigenvalue weighted by Crippen LogP contribution is 2.17. The summed E-state index contributed by atoms with van der Waals surface area (Å²) in [6.45, 7) is 12.1. The topological polar surface area (TPSA) is 49.3 Å². The second-order valence-corrected chi connectivity index (χ2v) is 7.19. The molecule has 0 spiro atoms. The van der Waals surface area contributed by atoms with E-state index in [1.165, 1.54) is 27.1 Å². The maximum atomic E-state index is 4.55. The van der Waals surface area contributed by atoms with Crippen molar-refractivity contribution in [3.63, 3.8) is 0 Å². The summed E-state index contributed by atoms with van der Waals surface area (Å²) in [5.41, 5.74) is 6.38. The maximum Gasteiger partial charge on any atom is 0.191 e. The summed E-state index contributed by atoms with van der Waals surface area (Å²) in [6, 6.07) is 4.45. The predicted octanol–water partition coefficient (Wildman–Crippen LogP) is 4.17. The molecule has 24 heavy (non-hydrogen) atoms. The van der Waals surface area contributed by atoms with Gasteiger partial charge in [0.05, 0.1) is 12.2 Å². The van der Waals surface area contributed by atoms with Gasteiger partial charge in [-0.2, -0.15) is 0 Å². The van der Waals surface area contributed by atoms with Crippen molar-refractivity contribution < 1.29 is 0 Å². The molecule has 0 aliphatic heterocycles. The maximum absolute atomic E-state index is 4.55. The summed E-state index contributed by atoms with van der Waals surface area (Å²) in [4.78, 5) is 10.1. The van der Waals surface area contributed by atoms with E-state index in [2.05, 4.69) is 60.4 Å². The minimum Gasteiger partial charge on any atom is -0.352 e. The SMILES string of the molecule is CN=C(NCc1nc(C)c(C)s1)NCc1c(C)cc(C)cc1C.I. The van der Waals surface area contributed by atoms with Crippen molar-refractivity contribution in [1.82, 2.24) is 15.6 Å². The molecule has 6 heteroatoms. The number of aryl methyl sites for hydroxylation is 5. The Morgan fingerprint density at radius 2 is 1.62 bits per heavy atom. The number of guanidine groups is 1. The molecule has 1 heterocycles. The van der Waals surface area contributed by atoms with Crippen molar-refractivity contribution in [3.8, 4) is 0 Å². The van der Waals surface area contributed by atoms with Gasteiger partial charge in [-0.25, -0.2) is 4.98 Å². The zero-order valence-corrected chi connectivity index (χ0v) is 18.4. The Morgan fingerprint density at radius 1 is 1.04 bits per heavy atom. The number of nitrogens with one attached hydrogen (secondary N) is 2. The number of benzene rings is 1. The average Bonchev–Trinajstić information content (AvgIpc) is 2.79. The third-order valence-corrected chi connectivity index (χ3v) is 5.05. The number of halogens is 1. The van der Waals surface area contributed by atoms with E-state index in [1.54, 1.807) is 18.4 Å². The van der Waals surface area contributed by atoms with Crippen LogP contribution < -0.4 is 10.6 Å². The molecule has 0 unspecified atom stereocenters. The number of hydrogen-bond donors (Lipinski definition) is 2. The van der Waals surface area contributed by atoms with Crippen LogP contribution >= 0.6 is 35.3 Å². The van der Waals surface area contributed by atoms with E-state index >= 15 is 0 Å². The highest BCUT2D eigenvalue weighted by atomic mass is 127. The Morgan fingerprint density at radius 3 is 2.12 bits per heavy atom. The van der Waals surface area contributed by atoms with E-state index < -0.39 is 0 Å². The minimum atomic E-state index is 0. The Balaban J connectivity index is 0.00000288. The van der Waals surface area contributed by atoms with Gasteiger partial charge in [-0.3, -0.25) is 4.99 Å². The van der Waals surface area contributed by atoms with E-state index in [4.69, 9.17) is 0 Å². The van der Waals surface area contributed by atoms with E-state index in [0.29, 0.717) is 6.54 Å². The van der Waals surface area contributed by atoms with E-state index in [-0.39, 0.29) is 24.0 Å². The normalized spacial score (nSPS) is 11.2. The monoisotopic (exact) mass is 458 g/mol. The number of thiazole rings is 1. The fourth-order valence-corrected chi connectivity index (χ4v) is 3.53. The molecule has 0 aliphatic rings. The largest absolute Gasteiger partial charge is 0.352 e. The van der Waals surface area contributed by atoms with Crippen molar-refractivity contribution in [2.45, 2.75) is 47.7 Å². The van der Waals surface area contributed by atoms with Crippen molar-refractivity contribution in [3.05, 3.63) is 50.0 Å². The molecule has 0 radical (unpaired) electrons. The number of aromatic nitrogens is 1. The fourth-order valence-electron chi connectivity index (χ4n) is 2.66. The summed E-state index contributed by atoms with van der Waals surface area (Å²) >= 11 is 1.73. The number of nitrogens with zero attached hydrogens (tertiary/aromatic N) is 2. The second-order valence-electron chi connectivity index (χ2n) is 5.91. The van der Waals surface area contributed by atoms with Gasteiger partial charge in [0.1, 0.15) is 5.01 Å². The van der Waals surface area contributed by atoms with Gasteiger partial charge in [0, 0.05) is 18.5 Å². The molecule has 0 aliphatic carbocycles. The quantitative estimate of drug-likeness (QED) is 0.411. The molecule has 0 amide bonds. The van der Waals surface area contributed by atoms with Crippen molar-refractivity contribution in [2.75, 3.05) is 7.05 Å². The molecule has 1 aromatic heterocycles. The molecule has 0 saturated heterocycles. The van der Waals surface area contributed by atoms with E-state index in [1.807, 2.05) is 6.92 Å². The summed E-state index contributed by atoms with van der Waals surface area (Å²) in [5, 5.41) is 7.82. The molecule has 0 atom stereocenters. The highest BCUT2D eigenvalue weighted by Gasteiger charge is 2.07. The van der Waals surface area contributed by atoms with Crippen molar-refractivity contribution in [1.29, 1.82) is 0 Å². The lowest BCUT2D eigenvalue weighted by molar-refractivity contribution is 0.797. The molecule has 132 valence electrons. The van der Waals surface area contributed by atoms with Crippen molar-refractivity contribution >= 4 is 41.3 Å². The lowest BCUT2D eigenvalue weighted by Crippen LogP contribution is -2.36. The lowest BCUT2D eigenvalue weighted by Gasteiger charge is -2.15. The summed E-state index contributed by atoms with van der Waals surface area (Å²) in [5.74, 6) is 0.801. The van der Waals surface area contributed by atoms with E-state index in [9.17, 15) is 0 Å². The molecule has 4 nitrogen and oxygen atoms in total. The Bertz CT molecular complexity index is 679. The molecule has 1 aromatic carbocycles. The van der Waals surface area contributed by atoms with Gasteiger partial charge in [0.25, 0.3) is 0 Å². The first kappa shape index (κ1) is 20.9. The first-order chi connectivity index (χ1) is 10.9. The molecule has 2 N–H and O–H groups in total. The van der Waals surface area contributed by atoms with Crippen LogP contribution in [0.25, 0.3) is 0 Å². The van der Waals surface area contributed by atoms with Gasteiger partial charge >= 0.3 is 0 Å². The highest BCUT2D eigenvalue weighted by molar-refractivity contribution is 14.0. The van der Waals surface area contributed by atoms with E-state index in [0.717, 1.165) is 23.2 Å². The third-order valence-electron chi connectivity index (χ3n) is 3.98.